The topological polar surface area (TPSA) is 54.2 Å². The molecule has 0 radical (unpaired) electrons. The average molecular weight is 1850 g/mol. The van der Waals surface area contributed by atoms with Crippen LogP contribution >= 0.6 is 0 Å². The molecule has 0 aliphatic heterocycles. The van der Waals surface area contributed by atoms with Crippen LogP contribution in [0.1, 0.15) is 130 Å². The Morgan fingerprint density at radius 1 is 0.174 bits per heavy atom. The number of hydrogen-bond donors (Lipinski definition) is 0. The van der Waals surface area contributed by atoms with E-state index in [-0.39, 0.29) is 16.2 Å². The van der Waals surface area contributed by atoms with Crippen molar-refractivity contribution in [3.63, 3.8) is 0 Å². The molecule has 6 heteroatoms. The van der Waals surface area contributed by atoms with E-state index in [1.807, 2.05) is 6.07 Å². The third-order valence-electron chi connectivity index (χ3n) is 39.6. The SMILES string of the molecule is c1ccc2c(c1)-c1ccc(-n3c4ccccc4c4c(-c5cccc6c5oc5ccccc56)cccc43)cc1C21C2CC3CC(C2)CC1C3.c1ccc2c(c1)-c1ccc(-n3c4ccccc4c4cc(-c5cccc6c5oc5ccccc56)ccc43)cc1C21C2CC3CC(C2)CC1C3.c1ccc2c(c1)-c1ccc(-n3c4ccccc4c4ccc(-c5cccc6c5oc5ccccc56)cc43)cc1C21C2CC3CC(C2)CC1C3. The second kappa shape index (κ2) is 29.5. The molecular weight excluding hydrogens is 1750 g/mol. The molecule has 6 nitrogen and oxygen atoms in total. The Morgan fingerprint density at radius 3 is 0.896 bits per heavy atom. The Labute approximate surface area is 835 Å². The van der Waals surface area contributed by atoms with Crippen LogP contribution in [0.15, 0.2) is 395 Å². The van der Waals surface area contributed by atoms with Gasteiger partial charge in [-0.25, -0.2) is 0 Å². The first-order chi connectivity index (χ1) is 71.3. The van der Waals surface area contributed by atoms with Crippen LogP contribution < -0.4 is 0 Å². The lowest BCUT2D eigenvalue weighted by Gasteiger charge is -2.61. The molecule has 0 atom stereocenters. The molecule has 15 aliphatic carbocycles. The van der Waals surface area contributed by atoms with Gasteiger partial charge in [-0.15, -0.1) is 0 Å². The molecule has 6 aromatic heterocycles. The van der Waals surface area contributed by atoms with Crippen LogP contribution in [-0.2, 0) is 16.2 Å². The van der Waals surface area contributed by atoms with Gasteiger partial charge in [-0.05, 0) is 348 Å². The summed E-state index contributed by atoms with van der Waals surface area (Å²) in [5, 5.41) is 14.7. The second-order valence-corrected chi connectivity index (χ2v) is 45.9. The highest BCUT2D eigenvalue weighted by molar-refractivity contribution is 6.21. The van der Waals surface area contributed by atoms with Crippen molar-refractivity contribution in [1.29, 1.82) is 0 Å². The molecule has 0 N–H and O–H groups in total. The van der Waals surface area contributed by atoms with Gasteiger partial charge in [-0.3, -0.25) is 0 Å². The van der Waals surface area contributed by atoms with Gasteiger partial charge in [0.1, 0.15) is 33.5 Å². The van der Waals surface area contributed by atoms with Gasteiger partial charge >= 0.3 is 0 Å². The van der Waals surface area contributed by atoms with Gasteiger partial charge in [0.2, 0.25) is 0 Å². The first kappa shape index (κ1) is 80.3. The van der Waals surface area contributed by atoms with Crippen molar-refractivity contribution in [1.82, 2.24) is 13.7 Å². The molecule has 18 aromatic carbocycles. The largest absolute Gasteiger partial charge is 0.455 e. The Bertz CT molecular complexity index is 9470. The van der Waals surface area contributed by atoms with Gasteiger partial charge in [0.25, 0.3) is 0 Å². The zero-order chi connectivity index (χ0) is 93.4. The predicted molar refractivity (Wildman–Crippen MR) is 590 cm³/mol. The van der Waals surface area contributed by atoms with E-state index in [4.69, 9.17) is 13.3 Å². The van der Waals surface area contributed by atoms with Crippen molar-refractivity contribution < 1.29 is 13.3 Å². The molecule has 144 heavy (non-hydrogen) atoms. The van der Waals surface area contributed by atoms with Crippen LogP contribution in [0.2, 0.25) is 0 Å². The molecule has 3 spiro atoms. The summed E-state index contributed by atoms with van der Waals surface area (Å²) in [6, 6.07) is 143. The minimum Gasteiger partial charge on any atom is -0.455 e. The molecule has 12 bridgehead atoms. The van der Waals surface area contributed by atoms with Gasteiger partial charge < -0.3 is 27.0 Å². The Morgan fingerprint density at radius 2 is 0.458 bits per heavy atom. The maximum Gasteiger partial charge on any atom is 0.143 e. The van der Waals surface area contributed by atoms with Crippen molar-refractivity contribution in [3.8, 4) is 83.8 Å². The lowest BCUT2D eigenvalue weighted by atomic mass is 9.43. The number of rotatable bonds is 6. The van der Waals surface area contributed by atoms with Crippen LogP contribution in [0.3, 0.4) is 0 Å². The summed E-state index contributed by atoms with van der Waals surface area (Å²) < 4.78 is 27.2. The highest BCUT2D eigenvalue weighted by Crippen LogP contribution is 2.74. The quantitative estimate of drug-likeness (QED) is 0.167. The van der Waals surface area contributed by atoms with Crippen LogP contribution in [0.4, 0.5) is 0 Å². The Hall–Kier alpha value is -15.2. The number of furan rings is 3. The maximum atomic E-state index is 6.58. The van der Waals surface area contributed by atoms with Crippen LogP contribution in [0, 0.1) is 71.0 Å². The summed E-state index contributed by atoms with van der Waals surface area (Å²) in [4.78, 5) is 0. The molecular formula is C138H105N3O3. The molecule has 39 rings (SSSR count). The van der Waals surface area contributed by atoms with E-state index < -0.39 is 0 Å². The monoisotopic (exact) mass is 1850 g/mol. The zero-order valence-corrected chi connectivity index (χ0v) is 80.5. The van der Waals surface area contributed by atoms with Crippen molar-refractivity contribution in [2.45, 2.75) is 113 Å². The summed E-state index contributed by atoms with van der Waals surface area (Å²) in [6.45, 7) is 0. The normalized spacial score (nSPS) is 25.2. The van der Waals surface area contributed by atoms with Gasteiger partial charge in [0.15, 0.2) is 0 Å². The van der Waals surface area contributed by atoms with Crippen LogP contribution in [0.25, 0.3) is 215 Å². The molecule has 24 aromatic rings. The number of hydrogen-bond acceptors (Lipinski definition) is 3. The van der Waals surface area contributed by atoms with Crippen molar-refractivity contribution in [2.75, 3.05) is 0 Å². The number of para-hydroxylation sites is 9. The first-order valence-electron chi connectivity index (χ1n) is 53.8. The molecule has 6 heterocycles. The minimum absolute atomic E-state index is 0.149. The fraction of sp³-hybridized carbons (Fsp3) is 0.217. The molecule has 0 amide bonds. The van der Waals surface area contributed by atoms with Gasteiger partial charge in [0, 0.05) is 115 Å². The van der Waals surface area contributed by atoms with E-state index in [1.54, 1.807) is 33.4 Å². The van der Waals surface area contributed by atoms with Gasteiger partial charge in [-0.1, -0.05) is 285 Å². The third kappa shape index (κ3) is 10.7. The molecule has 0 saturated heterocycles. The van der Waals surface area contributed by atoms with Gasteiger partial charge in [-0.2, -0.15) is 0 Å². The summed E-state index contributed by atoms with van der Waals surface area (Å²) in [6.07, 6.45) is 21.2. The average Bonchev–Trinajstić information content (AvgIpc) is 1.51. The molecule has 12 fully saturated rings. The molecule has 15 aliphatic rings. The maximum absolute atomic E-state index is 6.58. The lowest BCUT2D eigenvalue weighted by Crippen LogP contribution is -2.55. The number of nitrogens with zero attached hydrogens (tertiary/aromatic N) is 3. The summed E-state index contributed by atoms with van der Waals surface area (Å²) in [7, 11) is 0. The first-order valence-corrected chi connectivity index (χ1v) is 53.8. The lowest BCUT2D eigenvalue weighted by molar-refractivity contribution is -0.0399. The van der Waals surface area contributed by atoms with Crippen LogP contribution in [-0.4, -0.2) is 13.7 Å². The Kier molecular flexibility index (Phi) is 16.5. The number of benzene rings is 18. The van der Waals surface area contributed by atoms with Crippen molar-refractivity contribution in [3.05, 3.63) is 416 Å². The van der Waals surface area contributed by atoms with E-state index in [0.29, 0.717) is 0 Å². The molecule has 690 valence electrons. The fourth-order valence-electron chi connectivity index (χ4n) is 35.1. The van der Waals surface area contributed by atoms with E-state index >= 15 is 0 Å². The highest BCUT2D eigenvalue weighted by atomic mass is 16.3. The minimum atomic E-state index is 0.149. The highest BCUT2D eigenvalue weighted by Gasteiger charge is 2.65. The standard InChI is InChI=1S/3C46H35NO/c1-4-15-39-32(9-1)33-20-19-31(26-40(33)46(39)29-22-27-21-28(24-29)25-30(46)23-27)47-41-16-5-2-11-38(41)44-35(12-8-17-42(44)47)37-14-7-13-36-34-10-3-6-18-43(34)48-45(36)37;1-4-13-40-34(8-1)35-18-17-32(26-41(35)46(40)30-21-27-20-28(23-30)24-31(46)22-27)47-42-14-5-2-9-36(42)39-25-29(16-19-43(39)47)33-11-7-12-38-37-10-3-6-15-44(37)48-45(33)38;1-4-13-40-34(8-1)35-19-17-32(26-41(35)46(40)30-21-27-20-28(23-30)24-31(46)22-27)47-42-14-5-2-9-36(42)37-18-16-29(25-43(37)47)33-11-7-12-39-38-10-3-6-15-44(38)48-45(33)39/h1-20,26-30H,21-25H2;2*1-19,25-28,30-31H,20-24H2. The third-order valence-corrected chi connectivity index (χ3v) is 39.6. The van der Waals surface area contributed by atoms with E-state index in [1.165, 1.54) is 261 Å². The smallest absolute Gasteiger partial charge is 0.143 e. The van der Waals surface area contributed by atoms with Gasteiger partial charge in [0.05, 0.1) is 33.1 Å². The number of fused-ring (bicyclic) bond motifs is 27. The van der Waals surface area contributed by atoms with E-state index in [2.05, 4.69) is 390 Å². The van der Waals surface area contributed by atoms with Crippen molar-refractivity contribution in [2.24, 2.45) is 71.0 Å². The van der Waals surface area contributed by atoms with E-state index in [0.717, 1.165) is 121 Å². The number of aromatic nitrogens is 3. The summed E-state index contributed by atoms with van der Waals surface area (Å²) in [5.74, 6) is 10.1. The second-order valence-electron chi connectivity index (χ2n) is 45.9. The molecule has 12 saturated carbocycles. The van der Waals surface area contributed by atoms with Crippen molar-refractivity contribution >= 4 is 131 Å². The summed E-state index contributed by atoms with van der Waals surface area (Å²) >= 11 is 0. The molecule has 0 unspecified atom stereocenters. The van der Waals surface area contributed by atoms with Crippen LogP contribution in [0.5, 0.6) is 0 Å². The predicted octanol–water partition coefficient (Wildman–Crippen LogP) is 36.2. The summed E-state index contributed by atoms with van der Waals surface area (Å²) in [5.41, 5.74) is 43.1. The van der Waals surface area contributed by atoms with E-state index in [9.17, 15) is 0 Å². The Balaban J connectivity index is 0.0000000932. The zero-order valence-electron chi connectivity index (χ0n) is 80.5. The fourth-order valence-corrected chi connectivity index (χ4v) is 35.1.